The Hall–Kier alpha value is -2.15. The van der Waals surface area contributed by atoms with Crippen LogP contribution in [0.2, 0.25) is 0 Å². The number of nitro groups is 1. The monoisotopic (exact) mass is 338 g/mol. The van der Waals surface area contributed by atoms with Gasteiger partial charge >= 0.3 is 5.88 Å². The average molecular weight is 339 g/mol. The van der Waals surface area contributed by atoms with Crippen molar-refractivity contribution in [2.75, 3.05) is 5.33 Å². The zero-order valence-corrected chi connectivity index (χ0v) is 11.9. The molecule has 1 unspecified atom stereocenters. The number of hydrogen-bond donors (Lipinski definition) is 1. The first-order valence-corrected chi connectivity index (χ1v) is 6.90. The highest BCUT2D eigenvalue weighted by molar-refractivity contribution is 9.09. The van der Waals surface area contributed by atoms with E-state index in [2.05, 4.69) is 21.2 Å². The van der Waals surface area contributed by atoms with Crippen LogP contribution < -0.4 is 5.32 Å². The lowest BCUT2D eigenvalue weighted by molar-refractivity contribution is -0.402. The fourth-order valence-electron chi connectivity index (χ4n) is 1.67. The minimum absolute atomic E-state index is 0.0846. The van der Waals surface area contributed by atoms with Gasteiger partial charge in [-0.05, 0) is 11.6 Å². The predicted molar refractivity (Wildman–Crippen MR) is 75.8 cm³/mol. The largest absolute Gasteiger partial charge is 0.433 e. The lowest BCUT2D eigenvalue weighted by Crippen LogP contribution is -2.29. The highest BCUT2D eigenvalue weighted by Crippen LogP contribution is 2.19. The molecule has 0 saturated carbocycles. The van der Waals surface area contributed by atoms with E-state index >= 15 is 0 Å². The lowest BCUT2D eigenvalue weighted by atomic mass is 10.1. The van der Waals surface area contributed by atoms with Crippen molar-refractivity contribution >= 4 is 27.7 Å². The van der Waals surface area contributed by atoms with Crippen LogP contribution in [0.15, 0.2) is 46.9 Å². The normalized spacial score (nSPS) is 11.8. The maximum absolute atomic E-state index is 12.0. The quantitative estimate of drug-likeness (QED) is 0.515. The van der Waals surface area contributed by atoms with E-state index in [1.165, 1.54) is 6.07 Å². The summed E-state index contributed by atoms with van der Waals surface area (Å²) in [6.45, 7) is 0. The van der Waals surface area contributed by atoms with Crippen molar-refractivity contribution in [2.24, 2.45) is 0 Å². The minimum atomic E-state index is -0.685. The van der Waals surface area contributed by atoms with Crippen LogP contribution in [0.1, 0.15) is 22.2 Å². The number of nitrogens with zero attached hydrogens (tertiary/aromatic N) is 1. The smallest absolute Gasteiger partial charge is 0.395 e. The van der Waals surface area contributed by atoms with Crippen LogP contribution in [0.25, 0.3) is 0 Å². The van der Waals surface area contributed by atoms with Gasteiger partial charge in [0.05, 0.1) is 12.1 Å². The summed E-state index contributed by atoms with van der Waals surface area (Å²) in [4.78, 5) is 21.8. The highest BCUT2D eigenvalue weighted by atomic mass is 79.9. The molecule has 0 bridgehead atoms. The second kappa shape index (κ2) is 6.33. The van der Waals surface area contributed by atoms with Gasteiger partial charge in [-0.2, -0.15) is 0 Å². The average Bonchev–Trinajstić information content (AvgIpc) is 2.95. The molecule has 7 heteroatoms. The van der Waals surface area contributed by atoms with Crippen molar-refractivity contribution in [2.45, 2.75) is 6.04 Å². The Kier molecular flexibility index (Phi) is 4.52. The molecular weight excluding hydrogens is 328 g/mol. The van der Waals surface area contributed by atoms with Crippen LogP contribution >= 0.6 is 15.9 Å². The molecule has 20 heavy (non-hydrogen) atoms. The first-order chi connectivity index (χ1) is 9.61. The second-order valence-corrected chi connectivity index (χ2v) is 4.63. The highest BCUT2D eigenvalue weighted by Gasteiger charge is 2.20. The summed E-state index contributed by atoms with van der Waals surface area (Å²) in [7, 11) is 0. The minimum Gasteiger partial charge on any atom is -0.395 e. The molecule has 1 aromatic heterocycles. The fraction of sp³-hybridized carbons (Fsp3) is 0.154. The second-order valence-electron chi connectivity index (χ2n) is 3.99. The van der Waals surface area contributed by atoms with Gasteiger partial charge < -0.3 is 9.73 Å². The number of halogens is 1. The van der Waals surface area contributed by atoms with Crippen molar-refractivity contribution in [3.05, 3.63) is 63.9 Å². The molecular formula is C13H11BrN2O4. The molecule has 2 rings (SSSR count). The zero-order chi connectivity index (χ0) is 14.5. The molecule has 1 amide bonds. The third kappa shape index (κ3) is 3.24. The molecule has 0 radical (unpaired) electrons. The van der Waals surface area contributed by atoms with Crippen molar-refractivity contribution in [1.29, 1.82) is 0 Å². The Balaban J connectivity index is 2.11. The molecule has 1 N–H and O–H groups in total. The van der Waals surface area contributed by atoms with Crippen molar-refractivity contribution in [1.82, 2.24) is 5.32 Å². The topological polar surface area (TPSA) is 85.4 Å². The number of carbonyl (C=O) groups excluding carboxylic acids is 1. The van der Waals surface area contributed by atoms with Crippen LogP contribution in [-0.4, -0.2) is 16.2 Å². The van der Waals surface area contributed by atoms with Crippen LogP contribution in [0, 0.1) is 10.1 Å². The Morgan fingerprint density at radius 3 is 2.55 bits per heavy atom. The number of hydrogen-bond acceptors (Lipinski definition) is 4. The SMILES string of the molecule is O=C(NC(CBr)c1ccccc1)c1ccc([N+](=O)[O-])o1. The Bertz CT molecular complexity index is 612. The predicted octanol–water partition coefficient (Wildman–Crippen LogP) is 3.05. The van der Waals surface area contributed by atoms with E-state index < -0.39 is 16.7 Å². The summed E-state index contributed by atoms with van der Waals surface area (Å²) in [6.07, 6.45) is 0. The molecule has 2 aromatic rings. The van der Waals surface area contributed by atoms with E-state index in [0.717, 1.165) is 11.6 Å². The van der Waals surface area contributed by atoms with E-state index in [4.69, 9.17) is 4.42 Å². The summed E-state index contributed by atoms with van der Waals surface area (Å²) < 4.78 is 4.86. The van der Waals surface area contributed by atoms with Gasteiger partial charge in [-0.3, -0.25) is 14.9 Å². The van der Waals surface area contributed by atoms with Gasteiger partial charge in [0.15, 0.2) is 5.76 Å². The summed E-state index contributed by atoms with van der Waals surface area (Å²) in [6, 6.07) is 11.6. The molecule has 104 valence electrons. The van der Waals surface area contributed by atoms with Crippen molar-refractivity contribution in [3.8, 4) is 0 Å². The number of furan rings is 1. The maximum Gasteiger partial charge on any atom is 0.433 e. The van der Waals surface area contributed by atoms with Crippen LogP contribution in [-0.2, 0) is 0 Å². The molecule has 1 heterocycles. The van der Waals surface area contributed by atoms with Gasteiger partial charge in [-0.15, -0.1) is 0 Å². The first-order valence-electron chi connectivity index (χ1n) is 5.78. The number of rotatable bonds is 5. The van der Waals surface area contributed by atoms with Gasteiger partial charge in [-0.1, -0.05) is 46.3 Å². The molecule has 0 aliphatic rings. The Morgan fingerprint density at radius 1 is 1.30 bits per heavy atom. The van der Waals surface area contributed by atoms with E-state index in [-0.39, 0.29) is 11.8 Å². The van der Waals surface area contributed by atoms with Gasteiger partial charge in [0.2, 0.25) is 0 Å². The zero-order valence-electron chi connectivity index (χ0n) is 10.3. The third-order valence-corrected chi connectivity index (χ3v) is 3.30. The van der Waals surface area contributed by atoms with Crippen molar-refractivity contribution in [3.63, 3.8) is 0 Å². The molecule has 0 aliphatic carbocycles. The summed E-state index contributed by atoms with van der Waals surface area (Å²) in [5.41, 5.74) is 0.929. The molecule has 0 fully saturated rings. The van der Waals surface area contributed by atoms with Crippen LogP contribution in [0.5, 0.6) is 0 Å². The van der Waals surface area contributed by atoms with E-state index in [0.29, 0.717) is 5.33 Å². The third-order valence-electron chi connectivity index (χ3n) is 2.66. The molecule has 1 aromatic carbocycles. The van der Waals surface area contributed by atoms with Gasteiger partial charge in [0, 0.05) is 5.33 Å². The summed E-state index contributed by atoms with van der Waals surface area (Å²) in [5, 5.41) is 13.8. The number of nitrogens with one attached hydrogen (secondary N) is 1. The first kappa shape index (κ1) is 14.3. The van der Waals surface area contributed by atoms with Crippen LogP contribution in [0.4, 0.5) is 5.88 Å². The summed E-state index contributed by atoms with van der Waals surface area (Å²) in [5.74, 6) is -1.03. The number of alkyl halides is 1. The maximum atomic E-state index is 12.0. The molecule has 0 aliphatic heterocycles. The fourth-order valence-corrected chi connectivity index (χ4v) is 2.21. The standard InChI is InChI=1S/C13H11BrN2O4/c14-8-10(9-4-2-1-3-5-9)15-13(17)11-6-7-12(20-11)16(18)19/h1-7,10H,8H2,(H,15,17). The van der Waals surface area contributed by atoms with Gasteiger partial charge in [-0.25, -0.2) is 0 Å². The molecule has 1 atom stereocenters. The number of benzene rings is 1. The molecule has 0 saturated heterocycles. The molecule has 0 spiro atoms. The van der Waals surface area contributed by atoms with E-state index in [1.807, 2.05) is 30.3 Å². The number of carbonyl (C=O) groups is 1. The summed E-state index contributed by atoms with van der Waals surface area (Å²) >= 11 is 3.33. The van der Waals surface area contributed by atoms with Crippen molar-refractivity contribution < 1.29 is 14.1 Å². The molecule has 6 nitrogen and oxygen atoms in total. The van der Waals surface area contributed by atoms with Crippen LogP contribution in [0.3, 0.4) is 0 Å². The number of amides is 1. The van der Waals surface area contributed by atoms with Gasteiger partial charge in [0.1, 0.15) is 4.92 Å². The van der Waals surface area contributed by atoms with E-state index in [9.17, 15) is 14.9 Å². The Labute approximate surface area is 123 Å². The Morgan fingerprint density at radius 2 is 2.00 bits per heavy atom. The lowest BCUT2D eigenvalue weighted by Gasteiger charge is -2.15. The van der Waals surface area contributed by atoms with E-state index in [1.54, 1.807) is 0 Å². The van der Waals surface area contributed by atoms with Gasteiger partial charge in [0.25, 0.3) is 5.91 Å².